The Morgan fingerprint density at radius 3 is 2.52 bits per heavy atom. The molecule has 1 aromatic heterocycles. The van der Waals surface area contributed by atoms with Gasteiger partial charge in [-0.25, -0.2) is 9.78 Å². The molecule has 0 aromatic carbocycles. The van der Waals surface area contributed by atoms with E-state index in [-0.39, 0.29) is 18.5 Å². The van der Waals surface area contributed by atoms with E-state index in [1.54, 1.807) is 19.0 Å². The lowest BCUT2D eigenvalue weighted by Crippen LogP contribution is -2.44. The lowest BCUT2D eigenvalue weighted by Gasteiger charge is -2.26. The molecule has 0 unspecified atom stereocenters. The highest BCUT2D eigenvalue weighted by atomic mass is 32.1. The van der Waals surface area contributed by atoms with Gasteiger partial charge in [0.15, 0.2) is 5.13 Å². The Labute approximate surface area is 130 Å². The summed E-state index contributed by atoms with van der Waals surface area (Å²) in [6.07, 6.45) is 0.864. The highest BCUT2D eigenvalue weighted by Crippen LogP contribution is 2.14. The number of nitrogens with one attached hydrogen (secondary N) is 1. The number of carbonyl (C=O) groups excluding carboxylic acids is 2. The molecule has 6 nitrogen and oxygen atoms in total. The minimum Gasteiger partial charge on any atom is -0.331 e. The number of aryl methyl sites for hydroxylation is 1. The quantitative estimate of drug-likeness (QED) is 0.877. The number of aromatic nitrogens is 1. The van der Waals surface area contributed by atoms with Crippen LogP contribution in [0.25, 0.3) is 0 Å². The molecule has 0 spiro atoms. The Balaban J connectivity index is 2.61. The van der Waals surface area contributed by atoms with E-state index in [0.717, 1.165) is 12.1 Å². The molecule has 1 aromatic rings. The molecule has 0 aliphatic heterocycles. The zero-order valence-corrected chi connectivity index (χ0v) is 14.2. The number of thiazole rings is 1. The van der Waals surface area contributed by atoms with Gasteiger partial charge in [-0.3, -0.25) is 4.79 Å². The SMILES string of the molecule is Cc1csc(NC(=O)CN(CCC(C)C)C(=O)N(C)C)n1. The Hall–Kier alpha value is -1.63. The smallest absolute Gasteiger partial charge is 0.319 e. The third-order valence-electron chi connectivity index (χ3n) is 2.83. The summed E-state index contributed by atoms with van der Waals surface area (Å²) in [4.78, 5) is 31.4. The molecule has 7 heteroatoms. The first-order valence-corrected chi connectivity index (χ1v) is 7.85. The second kappa shape index (κ2) is 7.97. The Morgan fingerprint density at radius 2 is 2.05 bits per heavy atom. The Bertz CT molecular complexity index is 485. The van der Waals surface area contributed by atoms with Gasteiger partial charge in [0.1, 0.15) is 6.54 Å². The summed E-state index contributed by atoms with van der Waals surface area (Å²) in [5, 5.41) is 5.17. The van der Waals surface area contributed by atoms with Crippen LogP contribution in [0.2, 0.25) is 0 Å². The van der Waals surface area contributed by atoms with Crippen LogP contribution in [0.15, 0.2) is 5.38 Å². The zero-order valence-electron chi connectivity index (χ0n) is 13.3. The summed E-state index contributed by atoms with van der Waals surface area (Å²) in [5.74, 6) is 0.260. The van der Waals surface area contributed by atoms with Gasteiger partial charge in [0.25, 0.3) is 0 Å². The van der Waals surface area contributed by atoms with Gasteiger partial charge in [0, 0.05) is 26.0 Å². The normalized spacial score (nSPS) is 10.6. The van der Waals surface area contributed by atoms with Crippen LogP contribution < -0.4 is 5.32 Å². The van der Waals surface area contributed by atoms with E-state index in [1.807, 2.05) is 12.3 Å². The van der Waals surface area contributed by atoms with E-state index in [9.17, 15) is 9.59 Å². The van der Waals surface area contributed by atoms with Crippen molar-refractivity contribution in [3.8, 4) is 0 Å². The third kappa shape index (κ3) is 6.12. The van der Waals surface area contributed by atoms with E-state index in [4.69, 9.17) is 0 Å². The van der Waals surface area contributed by atoms with Gasteiger partial charge in [-0.15, -0.1) is 11.3 Å². The molecule has 0 saturated heterocycles. The standard InChI is InChI=1S/C14H24N4O2S/c1-10(2)6-7-18(14(20)17(4)5)8-12(19)16-13-15-11(3)9-21-13/h9-10H,6-8H2,1-5H3,(H,15,16,19). The molecule has 0 bridgehead atoms. The molecule has 118 valence electrons. The van der Waals surface area contributed by atoms with Crippen molar-refractivity contribution in [2.45, 2.75) is 27.2 Å². The van der Waals surface area contributed by atoms with Crippen molar-refractivity contribution in [1.82, 2.24) is 14.8 Å². The van der Waals surface area contributed by atoms with Crippen LogP contribution in [0.4, 0.5) is 9.93 Å². The van der Waals surface area contributed by atoms with Crippen LogP contribution in [0.1, 0.15) is 26.0 Å². The fourth-order valence-corrected chi connectivity index (χ4v) is 2.39. The van der Waals surface area contributed by atoms with E-state index < -0.39 is 0 Å². The number of nitrogens with zero attached hydrogens (tertiary/aromatic N) is 3. The lowest BCUT2D eigenvalue weighted by molar-refractivity contribution is -0.116. The number of hydrogen-bond acceptors (Lipinski definition) is 4. The summed E-state index contributed by atoms with van der Waals surface area (Å²) in [5.41, 5.74) is 0.872. The minimum atomic E-state index is -0.219. The van der Waals surface area contributed by atoms with Gasteiger partial charge in [0.05, 0.1) is 5.69 Å². The van der Waals surface area contributed by atoms with Crippen molar-refractivity contribution in [3.05, 3.63) is 11.1 Å². The first-order chi connectivity index (χ1) is 9.79. The maximum Gasteiger partial charge on any atom is 0.319 e. The van der Waals surface area contributed by atoms with Gasteiger partial charge in [0.2, 0.25) is 5.91 Å². The van der Waals surface area contributed by atoms with Gasteiger partial charge in [-0.1, -0.05) is 13.8 Å². The summed E-state index contributed by atoms with van der Waals surface area (Å²) >= 11 is 1.38. The second-order valence-corrected chi connectivity index (χ2v) is 6.48. The molecular formula is C14H24N4O2S. The van der Waals surface area contributed by atoms with Crippen LogP contribution >= 0.6 is 11.3 Å². The van der Waals surface area contributed by atoms with E-state index in [2.05, 4.69) is 24.1 Å². The molecule has 3 amide bonds. The van der Waals surface area contributed by atoms with E-state index >= 15 is 0 Å². The molecule has 0 fully saturated rings. The molecule has 1 heterocycles. The lowest BCUT2D eigenvalue weighted by atomic mass is 10.1. The number of anilines is 1. The average molecular weight is 312 g/mol. The maximum atomic E-state index is 12.1. The molecule has 1 N–H and O–H groups in total. The van der Waals surface area contributed by atoms with Crippen LogP contribution in [-0.2, 0) is 4.79 Å². The molecule has 0 saturated carbocycles. The number of hydrogen-bond donors (Lipinski definition) is 1. The number of amides is 3. The highest BCUT2D eigenvalue weighted by Gasteiger charge is 2.19. The molecule has 0 aliphatic rings. The van der Waals surface area contributed by atoms with Crippen molar-refractivity contribution in [1.29, 1.82) is 0 Å². The molecular weight excluding hydrogens is 288 g/mol. The number of rotatable bonds is 6. The van der Waals surface area contributed by atoms with E-state index in [1.165, 1.54) is 16.2 Å². The second-order valence-electron chi connectivity index (χ2n) is 5.62. The molecule has 0 aliphatic carbocycles. The number of urea groups is 1. The Morgan fingerprint density at radius 1 is 1.38 bits per heavy atom. The van der Waals surface area contributed by atoms with Gasteiger partial charge >= 0.3 is 6.03 Å². The van der Waals surface area contributed by atoms with E-state index in [0.29, 0.717) is 17.6 Å². The number of carbonyl (C=O) groups is 2. The molecule has 0 atom stereocenters. The van der Waals surface area contributed by atoms with Gasteiger partial charge in [-0.05, 0) is 19.3 Å². The predicted molar refractivity (Wildman–Crippen MR) is 85.6 cm³/mol. The summed E-state index contributed by atoms with van der Waals surface area (Å²) in [6, 6.07) is -0.152. The largest absolute Gasteiger partial charge is 0.331 e. The van der Waals surface area contributed by atoms with Crippen molar-refractivity contribution in [2.75, 3.05) is 32.5 Å². The topological polar surface area (TPSA) is 65.5 Å². The summed E-state index contributed by atoms with van der Waals surface area (Å²) < 4.78 is 0. The monoisotopic (exact) mass is 312 g/mol. The first-order valence-electron chi connectivity index (χ1n) is 6.97. The van der Waals surface area contributed by atoms with Crippen LogP contribution in [0.3, 0.4) is 0 Å². The van der Waals surface area contributed by atoms with Gasteiger partial charge < -0.3 is 15.1 Å². The fraction of sp³-hybridized carbons (Fsp3) is 0.643. The molecule has 21 heavy (non-hydrogen) atoms. The van der Waals surface area contributed by atoms with Crippen LogP contribution in [0, 0.1) is 12.8 Å². The van der Waals surface area contributed by atoms with Crippen molar-refractivity contribution in [3.63, 3.8) is 0 Å². The molecule has 0 radical (unpaired) electrons. The highest BCUT2D eigenvalue weighted by molar-refractivity contribution is 7.13. The predicted octanol–water partition coefficient (Wildman–Crippen LogP) is 2.42. The maximum absolute atomic E-state index is 12.1. The molecule has 1 rings (SSSR count). The van der Waals surface area contributed by atoms with Crippen molar-refractivity contribution in [2.24, 2.45) is 5.92 Å². The van der Waals surface area contributed by atoms with Crippen LogP contribution in [-0.4, -0.2) is 53.9 Å². The average Bonchev–Trinajstić information content (AvgIpc) is 2.78. The zero-order chi connectivity index (χ0) is 16.0. The van der Waals surface area contributed by atoms with Crippen molar-refractivity contribution < 1.29 is 9.59 Å². The minimum absolute atomic E-state index is 0.0440. The first kappa shape index (κ1) is 17.4. The van der Waals surface area contributed by atoms with Crippen LogP contribution in [0.5, 0.6) is 0 Å². The third-order valence-corrected chi connectivity index (χ3v) is 3.70. The Kier molecular flexibility index (Phi) is 6.61. The fourth-order valence-electron chi connectivity index (χ4n) is 1.68. The summed E-state index contributed by atoms with van der Waals surface area (Å²) in [6.45, 7) is 6.67. The van der Waals surface area contributed by atoms with Crippen molar-refractivity contribution >= 4 is 28.4 Å². The summed E-state index contributed by atoms with van der Waals surface area (Å²) in [7, 11) is 3.37. The van der Waals surface area contributed by atoms with Gasteiger partial charge in [-0.2, -0.15) is 0 Å².